The smallest absolute Gasteiger partial charge is 0.248 e. The van der Waals surface area contributed by atoms with E-state index in [-0.39, 0.29) is 6.04 Å². The second kappa shape index (κ2) is 7.14. The molecule has 0 saturated carbocycles. The van der Waals surface area contributed by atoms with Crippen molar-refractivity contribution in [2.24, 2.45) is 0 Å². The van der Waals surface area contributed by atoms with E-state index in [1.54, 1.807) is 10.7 Å². The van der Waals surface area contributed by atoms with Gasteiger partial charge in [0.15, 0.2) is 0 Å². The number of nitrogens with zero attached hydrogens (tertiary/aromatic N) is 5. The molecule has 6 rings (SSSR count). The summed E-state index contributed by atoms with van der Waals surface area (Å²) in [5, 5.41) is 18.5. The Labute approximate surface area is 186 Å². The molecule has 31 heavy (non-hydrogen) atoms. The van der Waals surface area contributed by atoms with Gasteiger partial charge in [0.1, 0.15) is 11.2 Å². The normalized spacial score (nSPS) is 16.5. The zero-order valence-electron chi connectivity index (χ0n) is 16.2. The number of fused-ring (bicyclic) bond motifs is 5. The van der Waals surface area contributed by atoms with Crippen LogP contribution in [-0.4, -0.2) is 31.3 Å². The van der Waals surface area contributed by atoms with E-state index in [1.165, 1.54) is 5.57 Å². The summed E-state index contributed by atoms with van der Waals surface area (Å²) in [5.41, 5.74) is 3.70. The lowest BCUT2D eigenvalue weighted by Gasteiger charge is -2.24. The molecular formula is C22H16Cl2N6O. The number of furan rings is 2. The third-order valence-electron chi connectivity index (χ3n) is 5.66. The highest BCUT2D eigenvalue weighted by Crippen LogP contribution is 2.36. The van der Waals surface area contributed by atoms with E-state index in [4.69, 9.17) is 27.6 Å². The van der Waals surface area contributed by atoms with Crippen LogP contribution in [0.1, 0.15) is 12.5 Å². The Bertz CT molecular complexity index is 1420. The molecule has 1 aliphatic carbocycles. The molecular weight excluding hydrogens is 435 g/mol. The maximum atomic E-state index is 6.35. The van der Waals surface area contributed by atoms with Gasteiger partial charge in [0.2, 0.25) is 5.95 Å². The summed E-state index contributed by atoms with van der Waals surface area (Å²) in [7, 11) is 0. The molecule has 4 aromatic heterocycles. The van der Waals surface area contributed by atoms with Crippen LogP contribution >= 0.6 is 23.2 Å². The number of benzene rings is 2. The number of anilines is 1. The minimum atomic E-state index is 0.197. The molecule has 2 bridgehead atoms. The first-order valence-corrected chi connectivity index (χ1v) is 10.6. The minimum Gasteiger partial charge on any atom is -0.456 e. The number of nitrogens with one attached hydrogen (secondary N) is 1. The highest BCUT2D eigenvalue weighted by atomic mass is 35.5. The van der Waals surface area contributed by atoms with Gasteiger partial charge in [-0.2, -0.15) is 4.68 Å². The van der Waals surface area contributed by atoms with Crippen LogP contribution in [0.5, 0.6) is 0 Å². The van der Waals surface area contributed by atoms with E-state index in [0.29, 0.717) is 28.2 Å². The summed E-state index contributed by atoms with van der Waals surface area (Å²) in [6.45, 7) is 0.582. The third kappa shape index (κ3) is 3.00. The number of tetrazole rings is 1. The van der Waals surface area contributed by atoms with Crippen LogP contribution in [0.15, 0.2) is 70.9 Å². The Morgan fingerprint density at radius 2 is 1.90 bits per heavy atom. The topological polar surface area (TPSA) is 73.7 Å². The molecule has 154 valence electrons. The van der Waals surface area contributed by atoms with Gasteiger partial charge < -0.3 is 14.3 Å². The highest BCUT2D eigenvalue weighted by Gasteiger charge is 2.21. The van der Waals surface area contributed by atoms with E-state index < -0.39 is 0 Å². The molecule has 0 aliphatic heterocycles. The van der Waals surface area contributed by atoms with Crippen LogP contribution in [0.2, 0.25) is 10.0 Å². The van der Waals surface area contributed by atoms with Gasteiger partial charge in [0.25, 0.3) is 0 Å². The minimum absolute atomic E-state index is 0.197. The molecule has 0 fully saturated rings. The first kappa shape index (κ1) is 18.5. The van der Waals surface area contributed by atoms with Gasteiger partial charge >= 0.3 is 0 Å². The molecule has 1 aliphatic rings. The van der Waals surface area contributed by atoms with Gasteiger partial charge in [-0.15, -0.1) is 0 Å². The van der Waals surface area contributed by atoms with Gasteiger partial charge in [0, 0.05) is 29.7 Å². The number of halogens is 2. The average Bonchev–Trinajstić information content (AvgIpc) is 3.56. The molecule has 0 radical (unpaired) electrons. The van der Waals surface area contributed by atoms with Crippen LogP contribution < -0.4 is 5.32 Å². The predicted molar refractivity (Wildman–Crippen MR) is 121 cm³/mol. The van der Waals surface area contributed by atoms with Crippen molar-refractivity contribution in [3.63, 3.8) is 0 Å². The second-order valence-electron chi connectivity index (χ2n) is 7.46. The van der Waals surface area contributed by atoms with Crippen molar-refractivity contribution < 1.29 is 4.42 Å². The van der Waals surface area contributed by atoms with Gasteiger partial charge in [-0.3, -0.25) is 0 Å². The van der Waals surface area contributed by atoms with Crippen LogP contribution in [-0.2, 0) is 0 Å². The fourth-order valence-electron chi connectivity index (χ4n) is 4.12. The van der Waals surface area contributed by atoms with Crippen LogP contribution in [0.4, 0.5) is 5.95 Å². The zero-order chi connectivity index (χ0) is 20.9. The number of hydrogen-bond acceptors (Lipinski definition) is 5. The summed E-state index contributed by atoms with van der Waals surface area (Å²) in [6.07, 6.45) is 11.6. The zero-order valence-corrected chi connectivity index (χ0v) is 17.7. The summed E-state index contributed by atoms with van der Waals surface area (Å²) in [4.78, 5) is 0. The SMILES string of the molecule is Clc1cccc(-n2nnnc2NCC2=CC=CCC2n2cc3c4ccc(o4)c3c2)c1Cl. The van der Waals surface area contributed by atoms with E-state index >= 15 is 0 Å². The average molecular weight is 451 g/mol. The van der Waals surface area contributed by atoms with Crippen LogP contribution in [0, 0.1) is 0 Å². The fourth-order valence-corrected chi connectivity index (χ4v) is 4.50. The largest absolute Gasteiger partial charge is 0.456 e. The molecule has 1 N–H and O–H groups in total. The molecule has 0 saturated heterocycles. The molecule has 0 spiro atoms. The Balaban J connectivity index is 1.27. The molecule has 1 atom stereocenters. The van der Waals surface area contributed by atoms with Crippen molar-refractivity contribution in [1.29, 1.82) is 0 Å². The lowest BCUT2D eigenvalue weighted by Crippen LogP contribution is -2.19. The monoisotopic (exact) mass is 450 g/mol. The Morgan fingerprint density at radius 1 is 1.10 bits per heavy atom. The maximum Gasteiger partial charge on any atom is 0.248 e. The summed E-state index contributed by atoms with van der Waals surface area (Å²) >= 11 is 12.5. The van der Waals surface area contributed by atoms with Crippen LogP contribution in [0.25, 0.3) is 27.6 Å². The van der Waals surface area contributed by atoms with E-state index in [0.717, 1.165) is 28.4 Å². The fraction of sp³-hybridized carbons (Fsp3) is 0.136. The predicted octanol–water partition coefficient (Wildman–Crippen LogP) is 5.65. The van der Waals surface area contributed by atoms with Crippen molar-refractivity contribution in [1.82, 2.24) is 24.8 Å². The number of allylic oxidation sites excluding steroid dienone is 3. The Hall–Kier alpha value is -3.29. The molecule has 0 amide bonds. The highest BCUT2D eigenvalue weighted by molar-refractivity contribution is 6.43. The van der Waals surface area contributed by atoms with Crippen LogP contribution in [0.3, 0.4) is 0 Å². The van der Waals surface area contributed by atoms with Crippen molar-refractivity contribution in [3.05, 3.63) is 76.6 Å². The van der Waals surface area contributed by atoms with E-state index in [2.05, 4.69) is 56.0 Å². The van der Waals surface area contributed by atoms with Gasteiger partial charge in [-0.05, 0) is 46.7 Å². The second-order valence-corrected chi connectivity index (χ2v) is 8.24. The van der Waals surface area contributed by atoms with Gasteiger partial charge in [-0.1, -0.05) is 52.6 Å². The third-order valence-corrected chi connectivity index (χ3v) is 6.47. The standard InChI is InChI=1S/C22H16Cl2N6O/c23-16-5-3-7-18(21(16)24)30-22(26-27-28-30)25-10-13-4-1-2-6-17(13)29-11-14-15(12-29)20-9-8-19(14)31-20/h1-5,7-9,11-12,17H,6,10H2,(H,25,26,28). The summed E-state index contributed by atoms with van der Waals surface area (Å²) < 4.78 is 9.56. The number of hydrogen-bond donors (Lipinski definition) is 1. The maximum absolute atomic E-state index is 6.35. The molecule has 9 heteroatoms. The van der Waals surface area contributed by atoms with Crippen molar-refractivity contribution in [2.45, 2.75) is 12.5 Å². The molecule has 1 aromatic carbocycles. The number of rotatable bonds is 5. The lowest BCUT2D eigenvalue weighted by molar-refractivity contribution is 0.573. The quantitative estimate of drug-likeness (QED) is 0.374. The van der Waals surface area contributed by atoms with Gasteiger partial charge in [0.05, 0.1) is 21.8 Å². The van der Waals surface area contributed by atoms with Crippen molar-refractivity contribution in [2.75, 3.05) is 11.9 Å². The van der Waals surface area contributed by atoms with E-state index in [1.807, 2.05) is 24.3 Å². The summed E-state index contributed by atoms with van der Waals surface area (Å²) in [5.74, 6) is 0.495. The summed E-state index contributed by atoms with van der Waals surface area (Å²) in [6, 6.07) is 9.59. The Kier molecular flexibility index (Phi) is 4.26. The van der Waals surface area contributed by atoms with Crippen molar-refractivity contribution >= 4 is 51.1 Å². The Morgan fingerprint density at radius 3 is 2.71 bits per heavy atom. The first-order valence-electron chi connectivity index (χ1n) is 9.83. The molecule has 5 aromatic rings. The van der Waals surface area contributed by atoms with Crippen molar-refractivity contribution in [3.8, 4) is 5.69 Å². The van der Waals surface area contributed by atoms with Gasteiger partial charge in [-0.25, -0.2) is 0 Å². The lowest BCUT2D eigenvalue weighted by atomic mass is 9.98. The molecule has 4 heterocycles. The first-order chi connectivity index (χ1) is 15.2. The van der Waals surface area contributed by atoms with E-state index in [9.17, 15) is 0 Å². The molecule has 7 nitrogen and oxygen atoms in total. The molecule has 1 unspecified atom stereocenters. The number of aromatic nitrogens is 5.